The van der Waals surface area contributed by atoms with Gasteiger partial charge in [0, 0.05) is 26.2 Å². The molecule has 0 unspecified atom stereocenters. The zero-order valence-corrected chi connectivity index (χ0v) is 12.4. The lowest BCUT2D eigenvalue weighted by molar-refractivity contribution is 0.226. The summed E-state index contributed by atoms with van der Waals surface area (Å²) in [5.41, 5.74) is 3.79. The van der Waals surface area contributed by atoms with Crippen LogP contribution in [0.4, 0.5) is 0 Å². The highest BCUT2D eigenvalue weighted by molar-refractivity contribution is 5.22. The lowest BCUT2D eigenvalue weighted by Gasteiger charge is -2.32. The molecule has 1 aliphatic carbocycles. The Morgan fingerprint density at radius 2 is 1.94 bits per heavy atom. The molecule has 0 amide bonds. The van der Waals surface area contributed by atoms with Gasteiger partial charge in [-0.15, -0.1) is 0 Å². The van der Waals surface area contributed by atoms with Gasteiger partial charge in [0.25, 0.3) is 0 Å². The van der Waals surface area contributed by atoms with Gasteiger partial charge in [-0.2, -0.15) is 0 Å². The summed E-state index contributed by atoms with van der Waals surface area (Å²) in [5.74, 6) is 0.834. The van der Waals surface area contributed by atoms with Gasteiger partial charge in [0.2, 0.25) is 0 Å². The molecule has 2 fully saturated rings. The maximum atomic E-state index is 3.74. The van der Waals surface area contributed by atoms with Gasteiger partial charge in [-0.25, -0.2) is 0 Å². The normalized spacial score (nSPS) is 22.3. The van der Waals surface area contributed by atoms with Crippen molar-refractivity contribution in [2.75, 3.05) is 26.2 Å². The van der Waals surface area contributed by atoms with Crippen LogP contribution in [0.3, 0.4) is 0 Å². The van der Waals surface area contributed by atoms with Crippen molar-refractivity contribution >= 4 is 0 Å². The van der Waals surface area contributed by atoms with Crippen molar-refractivity contribution in [2.45, 2.75) is 52.9 Å². The van der Waals surface area contributed by atoms with E-state index in [1.165, 1.54) is 38.6 Å². The van der Waals surface area contributed by atoms with E-state index >= 15 is 0 Å². The Hall–Kier alpha value is -0.340. The Morgan fingerprint density at radius 1 is 1.28 bits per heavy atom. The van der Waals surface area contributed by atoms with Crippen LogP contribution in [0.2, 0.25) is 0 Å². The van der Waals surface area contributed by atoms with Crippen LogP contribution in [0.5, 0.6) is 0 Å². The zero-order valence-electron chi connectivity index (χ0n) is 12.4. The second kappa shape index (κ2) is 6.21. The van der Waals surface area contributed by atoms with Gasteiger partial charge in [0.05, 0.1) is 0 Å². The summed E-state index contributed by atoms with van der Waals surface area (Å²) in [7, 11) is 0. The Balaban J connectivity index is 1.79. The van der Waals surface area contributed by atoms with Crippen molar-refractivity contribution in [3.05, 3.63) is 11.1 Å². The summed E-state index contributed by atoms with van der Waals surface area (Å²) in [6.07, 6.45) is 7.17. The quantitative estimate of drug-likeness (QED) is 0.708. The summed E-state index contributed by atoms with van der Waals surface area (Å²) in [4.78, 5) is 0. The highest BCUT2D eigenvalue weighted by Gasteiger charge is 2.33. The standard InChI is InChI=1S/C16H30N2/c1-13(2)8-16(6-4-5-7-16)12-18-9-14(3)15-10-17-11-15/h13,17-18H,4-12H2,1-3H3. The first kappa shape index (κ1) is 14.1. The van der Waals surface area contributed by atoms with Gasteiger partial charge in [-0.1, -0.05) is 32.3 Å². The van der Waals surface area contributed by atoms with E-state index in [2.05, 4.69) is 31.4 Å². The van der Waals surface area contributed by atoms with Gasteiger partial charge in [0.15, 0.2) is 0 Å². The van der Waals surface area contributed by atoms with Crippen LogP contribution in [0.25, 0.3) is 0 Å². The molecule has 0 aromatic carbocycles. The molecule has 18 heavy (non-hydrogen) atoms. The molecule has 1 saturated heterocycles. The van der Waals surface area contributed by atoms with Gasteiger partial charge < -0.3 is 10.6 Å². The van der Waals surface area contributed by atoms with E-state index < -0.39 is 0 Å². The van der Waals surface area contributed by atoms with Crippen molar-refractivity contribution in [2.24, 2.45) is 11.3 Å². The smallest absolute Gasteiger partial charge is 0.0183 e. The lowest BCUT2D eigenvalue weighted by Crippen LogP contribution is -2.38. The fraction of sp³-hybridized carbons (Fsp3) is 0.875. The minimum atomic E-state index is 0.608. The minimum absolute atomic E-state index is 0.608. The van der Waals surface area contributed by atoms with Crippen LogP contribution in [0, 0.1) is 11.3 Å². The highest BCUT2D eigenvalue weighted by Crippen LogP contribution is 2.42. The molecule has 0 aromatic heterocycles. The van der Waals surface area contributed by atoms with E-state index in [-0.39, 0.29) is 0 Å². The van der Waals surface area contributed by atoms with Crippen LogP contribution in [-0.2, 0) is 0 Å². The first-order valence-electron chi connectivity index (χ1n) is 7.70. The topological polar surface area (TPSA) is 24.1 Å². The van der Waals surface area contributed by atoms with E-state index in [1.54, 1.807) is 11.1 Å². The number of nitrogens with one attached hydrogen (secondary N) is 2. The molecule has 1 aliphatic heterocycles. The van der Waals surface area contributed by atoms with E-state index in [0.29, 0.717) is 5.41 Å². The molecular formula is C16H30N2. The molecule has 2 rings (SSSR count). The summed E-state index contributed by atoms with van der Waals surface area (Å²) in [6.45, 7) is 11.6. The average Bonchev–Trinajstić information content (AvgIpc) is 2.62. The van der Waals surface area contributed by atoms with Gasteiger partial charge in [-0.05, 0) is 43.1 Å². The second-order valence-corrected chi connectivity index (χ2v) is 6.90. The molecule has 0 atom stereocenters. The van der Waals surface area contributed by atoms with E-state index in [4.69, 9.17) is 0 Å². The van der Waals surface area contributed by atoms with E-state index in [9.17, 15) is 0 Å². The molecule has 0 radical (unpaired) electrons. The minimum Gasteiger partial charge on any atom is -0.312 e. The predicted molar refractivity (Wildman–Crippen MR) is 78.8 cm³/mol. The van der Waals surface area contributed by atoms with Crippen molar-refractivity contribution < 1.29 is 0 Å². The molecular weight excluding hydrogens is 220 g/mol. The first-order valence-corrected chi connectivity index (χ1v) is 7.70. The molecule has 2 aliphatic rings. The first-order chi connectivity index (χ1) is 8.61. The zero-order chi connectivity index (χ0) is 13.0. The third-order valence-corrected chi connectivity index (χ3v) is 4.68. The van der Waals surface area contributed by atoms with Gasteiger partial charge in [0.1, 0.15) is 0 Å². The van der Waals surface area contributed by atoms with Crippen LogP contribution in [0.1, 0.15) is 52.9 Å². The molecule has 0 bridgehead atoms. The molecule has 2 N–H and O–H groups in total. The largest absolute Gasteiger partial charge is 0.312 e. The van der Waals surface area contributed by atoms with Crippen molar-refractivity contribution in [1.82, 2.24) is 10.6 Å². The molecule has 1 heterocycles. The molecule has 104 valence electrons. The Labute approximate surface area is 113 Å². The van der Waals surface area contributed by atoms with Crippen LogP contribution in [-0.4, -0.2) is 26.2 Å². The number of rotatable bonds is 6. The third kappa shape index (κ3) is 3.58. The third-order valence-electron chi connectivity index (χ3n) is 4.68. The Kier molecular flexibility index (Phi) is 4.85. The maximum absolute atomic E-state index is 3.74. The van der Waals surface area contributed by atoms with Crippen LogP contribution < -0.4 is 10.6 Å². The van der Waals surface area contributed by atoms with Crippen LogP contribution >= 0.6 is 0 Å². The fourth-order valence-corrected chi connectivity index (χ4v) is 3.64. The van der Waals surface area contributed by atoms with E-state index in [1.807, 2.05) is 0 Å². The van der Waals surface area contributed by atoms with Crippen molar-refractivity contribution in [1.29, 1.82) is 0 Å². The predicted octanol–water partition coefficient (Wildman–Crippen LogP) is 3.10. The number of hydrogen-bond donors (Lipinski definition) is 2. The fourth-order valence-electron chi connectivity index (χ4n) is 3.64. The highest BCUT2D eigenvalue weighted by atomic mass is 14.9. The lowest BCUT2D eigenvalue weighted by atomic mass is 9.78. The maximum Gasteiger partial charge on any atom is 0.0183 e. The van der Waals surface area contributed by atoms with Gasteiger partial charge >= 0.3 is 0 Å². The summed E-state index contributed by atoms with van der Waals surface area (Å²) >= 11 is 0. The van der Waals surface area contributed by atoms with E-state index in [0.717, 1.165) is 25.6 Å². The SMILES string of the molecule is CC(CNCC1(CC(C)C)CCCC1)=C1CNC1. The Bertz CT molecular complexity index is 292. The molecule has 0 aromatic rings. The molecule has 2 nitrogen and oxygen atoms in total. The molecule has 1 saturated carbocycles. The van der Waals surface area contributed by atoms with Crippen molar-refractivity contribution in [3.63, 3.8) is 0 Å². The molecule has 0 spiro atoms. The van der Waals surface area contributed by atoms with Crippen LogP contribution in [0.15, 0.2) is 11.1 Å². The second-order valence-electron chi connectivity index (χ2n) is 6.90. The monoisotopic (exact) mass is 250 g/mol. The van der Waals surface area contributed by atoms with Gasteiger partial charge in [-0.3, -0.25) is 0 Å². The summed E-state index contributed by atoms with van der Waals surface area (Å²) in [5, 5.41) is 7.06. The van der Waals surface area contributed by atoms with Crippen molar-refractivity contribution in [3.8, 4) is 0 Å². The summed E-state index contributed by atoms with van der Waals surface area (Å²) < 4.78 is 0. The molecule has 2 heteroatoms. The Morgan fingerprint density at radius 3 is 2.44 bits per heavy atom. The average molecular weight is 250 g/mol. The number of hydrogen-bond acceptors (Lipinski definition) is 2. The summed E-state index contributed by atoms with van der Waals surface area (Å²) in [6, 6.07) is 0.